The molecule has 2 rings (SSSR count). The first-order chi connectivity index (χ1) is 10.9. The minimum Gasteiger partial charge on any atom is -0.452 e. The average Bonchev–Trinajstić information content (AvgIpc) is 2.81. The van der Waals surface area contributed by atoms with Gasteiger partial charge in [-0.1, -0.05) is 15.9 Å². The molecule has 5 nitrogen and oxygen atoms in total. The molecule has 0 aliphatic rings. The van der Waals surface area contributed by atoms with Crippen molar-refractivity contribution in [3.63, 3.8) is 0 Å². The largest absolute Gasteiger partial charge is 0.452 e. The number of halogens is 1. The minimum absolute atomic E-state index is 0.315. The van der Waals surface area contributed by atoms with E-state index in [2.05, 4.69) is 21.2 Å². The van der Waals surface area contributed by atoms with Gasteiger partial charge in [0.05, 0.1) is 5.56 Å². The highest BCUT2D eigenvalue weighted by molar-refractivity contribution is 9.10. The summed E-state index contributed by atoms with van der Waals surface area (Å²) in [5.74, 6) is -0.853. The SMILES string of the molecule is CCn1c(C)cc(C(=O)OCC(=O)Nc2ccc(Br)cc2)c1C. The highest BCUT2D eigenvalue weighted by Gasteiger charge is 2.17. The van der Waals surface area contributed by atoms with E-state index in [4.69, 9.17) is 4.74 Å². The van der Waals surface area contributed by atoms with Crippen LogP contribution >= 0.6 is 15.9 Å². The zero-order chi connectivity index (χ0) is 17.0. The topological polar surface area (TPSA) is 60.3 Å². The Morgan fingerprint density at radius 1 is 1.22 bits per heavy atom. The maximum absolute atomic E-state index is 12.1. The minimum atomic E-state index is -0.483. The highest BCUT2D eigenvalue weighted by atomic mass is 79.9. The molecular formula is C17H19BrN2O3. The van der Waals surface area contributed by atoms with Gasteiger partial charge in [-0.15, -0.1) is 0 Å². The third-order valence-electron chi connectivity index (χ3n) is 3.57. The zero-order valence-electron chi connectivity index (χ0n) is 13.4. The molecule has 1 amide bonds. The lowest BCUT2D eigenvalue weighted by atomic mass is 10.2. The summed E-state index contributed by atoms with van der Waals surface area (Å²) in [5, 5.41) is 2.68. The van der Waals surface area contributed by atoms with Gasteiger partial charge in [-0.25, -0.2) is 4.79 Å². The van der Waals surface area contributed by atoms with E-state index in [1.807, 2.05) is 37.5 Å². The molecule has 0 fully saturated rings. The van der Waals surface area contributed by atoms with Crippen molar-refractivity contribution in [1.82, 2.24) is 4.57 Å². The van der Waals surface area contributed by atoms with Crippen LogP contribution in [0.1, 0.15) is 28.7 Å². The number of aryl methyl sites for hydroxylation is 1. The Balaban J connectivity index is 1.93. The van der Waals surface area contributed by atoms with Gasteiger partial charge < -0.3 is 14.6 Å². The van der Waals surface area contributed by atoms with Crippen LogP contribution in [0.15, 0.2) is 34.8 Å². The van der Waals surface area contributed by atoms with Gasteiger partial charge in [-0.3, -0.25) is 4.79 Å². The predicted octanol–water partition coefficient (Wildman–Crippen LogP) is 3.68. The molecule has 0 spiro atoms. The van der Waals surface area contributed by atoms with Crippen LogP contribution in [0.4, 0.5) is 5.69 Å². The summed E-state index contributed by atoms with van der Waals surface area (Å²) in [6, 6.07) is 8.95. The monoisotopic (exact) mass is 378 g/mol. The van der Waals surface area contributed by atoms with Crippen molar-refractivity contribution < 1.29 is 14.3 Å². The van der Waals surface area contributed by atoms with E-state index in [9.17, 15) is 9.59 Å². The Kier molecular flexibility index (Phi) is 5.60. The van der Waals surface area contributed by atoms with E-state index in [0.29, 0.717) is 11.3 Å². The van der Waals surface area contributed by atoms with Crippen molar-refractivity contribution in [2.24, 2.45) is 0 Å². The number of rotatable bonds is 5. The number of nitrogens with one attached hydrogen (secondary N) is 1. The standard InChI is InChI=1S/C17H19BrN2O3/c1-4-20-11(2)9-15(12(20)3)17(22)23-10-16(21)19-14-7-5-13(18)6-8-14/h5-9H,4,10H2,1-3H3,(H,19,21). The maximum atomic E-state index is 12.1. The van der Waals surface area contributed by atoms with E-state index in [1.54, 1.807) is 18.2 Å². The van der Waals surface area contributed by atoms with E-state index in [-0.39, 0.29) is 12.5 Å². The number of ether oxygens (including phenoxy) is 1. The molecule has 2 aromatic rings. The number of hydrogen-bond donors (Lipinski definition) is 1. The predicted molar refractivity (Wildman–Crippen MR) is 92.6 cm³/mol. The lowest BCUT2D eigenvalue weighted by Gasteiger charge is -2.08. The van der Waals surface area contributed by atoms with Crippen LogP contribution < -0.4 is 5.32 Å². The lowest BCUT2D eigenvalue weighted by molar-refractivity contribution is -0.119. The van der Waals surface area contributed by atoms with E-state index >= 15 is 0 Å². The van der Waals surface area contributed by atoms with E-state index in [1.165, 1.54) is 0 Å². The van der Waals surface area contributed by atoms with Crippen LogP contribution in [0, 0.1) is 13.8 Å². The van der Waals surface area contributed by atoms with Crippen LogP contribution in [-0.2, 0) is 16.1 Å². The number of nitrogens with zero attached hydrogens (tertiary/aromatic N) is 1. The number of aromatic nitrogens is 1. The van der Waals surface area contributed by atoms with Gasteiger partial charge in [0.15, 0.2) is 6.61 Å². The number of benzene rings is 1. The van der Waals surface area contributed by atoms with Crippen LogP contribution in [0.5, 0.6) is 0 Å². The summed E-state index contributed by atoms with van der Waals surface area (Å²) in [6.45, 7) is 6.29. The van der Waals surface area contributed by atoms with Gasteiger partial charge >= 0.3 is 5.97 Å². The summed E-state index contributed by atoms with van der Waals surface area (Å²) >= 11 is 3.32. The molecule has 0 aliphatic carbocycles. The summed E-state index contributed by atoms with van der Waals surface area (Å²) in [4.78, 5) is 24.0. The van der Waals surface area contributed by atoms with Crippen LogP contribution in [0.2, 0.25) is 0 Å². The summed E-state index contributed by atoms with van der Waals surface area (Å²) in [5.41, 5.74) is 3.00. The molecule has 0 bridgehead atoms. The summed E-state index contributed by atoms with van der Waals surface area (Å²) < 4.78 is 8.06. The van der Waals surface area contributed by atoms with Crippen LogP contribution in [-0.4, -0.2) is 23.1 Å². The van der Waals surface area contributed by atoms with Gasteiger partial charge in [-0.05, 0) is 51.1 Å². The first kappa shape index (κ1) is 17.3. The average molecular weight is 379 g/mol. The van der Waals surface area contributed by atoms with Crippen molar-refractivity contribution in [2.45, 2.75) is 27.3 Å². The van der Waals surface area contributed by atoms with Gasteiger partial charge in [0, 0.05) is 28.1 Å². The molecule has 0 saturated carbocycles. The van der Waals surface area contributed by atoms with Crippen molar-refractivity contribution in [3.05, 3.63) is 51.8 Å². The Hall–Kier alpha value is -2.08. The molecule has 1 aromatic heterocycles. The van der Waals surface area contributed by atoms with Crippen molar-refractivity contribution in [1.29, 1.82) is 0 Å². The molecule has 1 N–H and O–H groups in total. The van der Waals surface area contributed by atoms with Crippen molar-refractivity contribution >= 4 is 33.5 Å². The van der Waals surface area contributed by atoms with Gasteiger partial charge in [0.2, 0.25) is 0 Å². The molecule has 0 radical (unpaired) electrons. The van der Waals surface area contributed by atoms with Gasteiger partial charge in [0.1, 0.15) is 0 Å². The fraction of sp³-hybridized carbons (Fsp3) is 0.294. The quantitative estimate of drug-likeness (QED) is 0.807. The molecule has 122 valence electrons. The van der Waals surface area contributed by atoms with Crippen molar-refractivity contribution in [2.75, 3.05) is 11.9 Å². The van der Waals surface area contributed by atoms with E-state index < -0.39 is 5.97 Å². The van der Waals surface area contributed by atoms with E-state index in [0.717, 1.165) is 22.4 Å². The molecule has 23 heavy (non-hydrogen) atoms. The third-order valence-corrected chi connectivity index (χ3v) is 4.10. The van der Waals surface area contributed by atoms with Gasteiger partial charge in [0.25, 0.3) is 5.91 Å². The Morgan fingerprint density at radius 2 is 1.87 bits per heavy atom. The number of hydrogen-bond acceptors (Lipinski definition) is 3. The number of carbonyl (C=O) groups is 2. The molecule has 0 unspecified atom stereocenters. The molecule has 6 heteroatoms. The maximum Gasteiger partial charge on any atom is 0.340 e. The fourth-order valence-electron chi connectivity index (χ4n) is 2.43. The second-order valence-electron chi connectivity index (χ2n) is 5.16. The molecule has 1 heterocycles. The number of esters is 1. The number of anilines is 1. The smallest absolute Gasteiger partial charge is 0.340 e. The Morgan fingerprint density at radius 3 is 2.43 bits per heavy atom. The Bertz CT molecular complexity index is 720. The molecule has 0 saturated heterocycles. The second-order valence-corrected chi connectivity index (χ2v) is 6.08. The summed E-state index contributed by atoms with van der Waals surface area (Å²) in [6.07, 6.45) is 0. The van der Waals surface area contributed by atoms with Crippen LogP contribution in [0.3, 0.4) is 0 Å². The lowest BCUT2D eigenvalue weighted by Crippen LogP contribution is -2.21. The third kappa shape index (κ3) is 4.22. The molecule has 1 aromatic carbocycles. The number of amides is 1. The zero-order valence-corrected chi connectivity index (χ0v) is 14.9. The van der Waals surface area contributed by atoms with Crippen molar-refractivity contribution in [3.8, 4) is 0 Å². The molecule has 0 aliphatic heterocycles. The van der Waals surface area contributed by atoms with Crippen LogP contribution in [0.25, 0.3) is 0 Å². The number of carbonyl (C=O) groups excluding carboxylic acids is 2. The normalized spacial score (nSPS) is 10.4. The Labute approximate surface area is 143 Å². The summed E-state index contributed by atoms with van der Waals surface area (Å²) in [7, 11) is 0. The first-order valence-electron chi connectivity index (χ1n) is 7.31. The first-order valence-corrected chi connectivity index (χ1v) is 8.11. The highest BCUT2D eigenvalue weighted by Crippen LogP contribution is 2.16. The molecule has 0 atom stereocenters. The fourth-order valence-corrected chi connectivity index (χ4v) is 2.70. The van der Waals surface area contributed by atoms with Gasteiger partial charge in [-0.2, -0.15) is 0 Å². The molecular weight excluding hydrogens is 360 g/mol. The second kappa shape index (κ2) is 7.46.